The molecule has 3 amide bonds. The van der Waals surface area contributed by atoms with Gasteiger partial charge in [-0.25, -0.2) is 4.98 Å². The first-order valence-electron chi connectivity index (χ1n) is 8.67. The zero-order valence-corrected chi connectivity index (χ0v) is 14.8. The van der Waals surface area contributed by atoms with Gasteiger partial charge in [-0.1, -0.05) is 12.1 Å². The Labute approximate surface area is 162 Å². The third-order valence-electron chi connectivity index (χ3n) is 4.72. The lowest BCUT2D eigenvalue weighted by molar-refractivity contribution is -0.140. The molecule has 150 valence electrons. The molecule has 1 saturated heterocycles. The topological polar surface area (TPSA) is 79.8 Å². The van der Waals surface area contributed by atoms with E-state index in [1.165, 1.54) is 17.0 Å². The summed E-state index contributed by atoms with van der Waals surface area (Å²) in [4.78, 5) is 43.0. The molecule has 0 saturated carbocycles. The lowest BCUT2D eigenvalue weighted by Gasteiger charge is -2.39. The maximum atomic E-state index is 12.7. The number of halogens is 3. The molecule has 0 unspecified atom stereocenters. The second-order valence-electron chi connectivity index (χ2n) is 6.66. The van der Waals surface area contributed by atoms with Gasteiger partial charge in [-0.15, -0.1) is 0 Å². The van der Waals surface area contributed by atoms with Crippen LogP contribution in [0.25, 0.3) is 0 Å². The molecular formula is C19H14F3N3O4. The minimum absolute atomic E-state index is 0.125. The van der Waals surface area contributed by atoms with Crippen molar-refractivity contribution in [3.8, 4) is 5.88 Å². The number of rotatable bonds is 4. The van der Waals surface area contributed by atoms with Crippen molar-refractivity contribution in [2.45, 2.75) is 12.3 Å². The van der Waals surface area contributed by atoms with E-state index in [9.17, 15) is 27.6 Å². The number of likely N-dealkylation sites (tertiary alicyclic amines) is 1. The fraction of sp³-hybridized carbons (Fsp3) is 0.263. The third kappa shape index (κ3) is 3.53. The Morgan fingerprint density at radius 3 is 2.31 bits per heavy atom. The SMILES string of the molecule is O=C(CN1C(=O)c2ccccc2C1=O)N1CC(Oc2cc(C(F)(F)F)ccn2)C1. The van der Waals surface area contributed by atoms with Crippen LogP contribution in [0.4, 0.5) is 13.2 Å². The summed E-state index contributed by atoms with van der Waals surface area (Å²) < 4.78 is 43.6. The summed E-state index contributed by atoms with van der Waals surface area (Å²) in [7, 11) is 0. The third-order valence-corrected chi connectivity index (χ3v) is 4.72. The number of benzene rings is 1. The van der Waals surface area contributed by atoms with Gasteiger partial charge in [0.15, 0.2) is 0 Å². The van der Waals surface area contributed by atoms with Gasteiger partial charge >= 0.3 is 6.18 Å². The quantitative estimate of drug-likeness (QED) is 0.727. The number of ether oxygens (including phenoxy) is 1. The summed E-state index contributed by atoms with van der Waals surface area (Å²) in [5.74, 6) is -1.69. The number of fused-ring (bicyclic) bond motifs is 1. The van der Waals surface area contributed by atoms with Crippen LogP contribution < -0.4 is 4.74 Å². The maximum Gasteiger partial charge on any atom is 0.416 e. The van der Waals surface area contributed by atoms with Crippen LogP contribution in [-0.4, -0.2) is 58.2 Å². The van der Waals surface area contributed by atoms with Crippen molar-refractivity contribution in [2.24, 2.45) is 0 Å². The number of amides is 3. The molecule has 29 heavy (non-hydrogen) atoms. The predicted octanol–water partition coefficient (Wildman–Crippen LogP) is 1.99. The first-order chi connectivity index (χ1) is 13.7. The first-order valence-corrected chi connectivity index (χ1v) is 8.67. The summed E-state index contributed by atoms with van der Waals surface area (Å²) in [5.41, 5.74) is -0.364. The number of carbonyl (C=O) groups is 3. The predicted molar refractivity (Wildman–Crippen MR) is 92.0 cm³/mol. The number of alkyl halides is 3. The number of hydrogen-bond donors (Lipinski definition) is 0. The molecule has 1 aromatic heterocycles. The van der Waals surface area contributed by atoms with Crippen molar-refractivity contribution in [1.82, 2.24) is 14.8 Å². The summed E-state index contributed by atoms with van der Waals surface area (Å²) in [6.45, 7) is -0.152. The lowest BCUT2D eigenvalue weighted by atomic mass is 10.1. The number of nitrogens with zero attached hydrogens (tertiary/aromatic N) is 3. The van der Waals surface area contributed by atoms with Crippen molar-refractivity contribution in [2.75, 3.05) is 19.6 Å². The van der Waals surface area contributed by atoms with Crippen molar-refractivity contribution < 1.29 is 32.3 Å². The van der Waals surface area contributed by atoms with E-state index in [4.69, 9.17) is 4.74 Å². The fourth-order valence-electron chi connectivity index (χ4n) is 3.16. The highest BCUT2D eigenvalue weighted by molar-refractivity contribution is 6.22. The highest BCUT2D eigenvalue weighted by Gasteiger charge is 2.40. The van der Waals surface area contributed by atoms with Crippen molar-refractivity contribution in [3.05, 3.63) is 59.3 Å². The highest BCUT2D eigenvalue weighted by atomic mass is 19.4. The first kappa shape index (κ1) is 18.9. The smallest absolute Gasteiger partial charge is 0.416 e. The molecule has 4 rings (SSSR count). The van der Waals surface area contributed by atoms with Gasteiger partial charge in [0.25, 0.3) is 11.8 Å². The van der Waals surface area contributed by atoms with E-state index in [1.54, 1.807) is 12.1 Å². The van der Waals surface area contributed by atoms with Gasteiger partial charge in [0.05, 0.1) is 29.8 Å². The molecule has 0 N–H and O–H groups in total. The molecule has 10 heteroatoms. The zero-order valence-electron chi connectivity index (χ0n) is 14.8. The maximum absolute atomic E-state index is 12.7. The molecule has 0 aliphatic carbocycles. The minimum Gasteiger partial charge on any atom is -0.471 e. The monoisotopic (exact) mass is 405 g/mol. The fourth-order valence-corrected chi connectivity index (χ4v) is 3.16. The zero-order chi connectivity index (χ0) is 20.8. The lowest BCUT2D eigenvalue weighted by Crippen LogP contribution is -2.58. The van der Waals surface area contributed by atoms with Gasteiger partial charge in [0.1, 0.15) is 12.6 Å². The number of pyridine rings is 1. The van der Waals surface area contributed by atoms with E-state index in [0.717, 1.165) is 23.2 Å². The Morgan fingerprint density at radius 2 is 1.72 bits per heavy atom. The highest BCUT2D eigenvalue weighted by Crippen LogP contribution is 2.31. The Kier molecular flexibility index (Phi) is 4.48. The molecule has 0 spiro atoms. The van der Waals surface area contributed by atoms with Gasteiger partial charge in [0, 0.05) is 12.3 Å². The molecule has 0 atom stereocenters. The summed E-state index contributed by atoms with van der Waals surface area (Å²) in [5, 5.41) is 0. The standard InChI is InChI=1S/C19H14F3N3O4/c20-19(21,22)11-5-6-23-15(7-11)29-12-8-24(9-12)16(26)10-25-17(27)13-3-1-2-4-14(13)18(25)28/h1-7,12H,8-10H2. The number of carbonyl (C=O) groups excluding carboxylic acids is 3. The molecule has 1 aromatic carbocycles. The van der Waals surface area contributed by atoms with Gasteiger partial charge in [0.2, 0.25) is 11.8 Å². The number of hydrogen-bond acceptors (Lipinski definition) is 5. The largest absolute Gasteiger partial charge is 0.471 e. The summed E-state index contributed by atoms with van der Waals surface area (Å²) in [6, 6.07) is 7.95. The molecule has 1 fully saturated rings. The molecule has 0 radical (unpaired) electrons. The van der Waals surface area contributed by atoms with Crippen LogP contribution in [-0.2, 0) is 11.0 Å². The molecule has 0 bridgehead atoms. The summed E-state index contributed by atoms with van der Waals surface area (Å²) >= 11 is 0. The Morgan fingerprint density at radius 1 is 1.10 bits per heavy atom. The molecule has 7 nitrogen and oxygen atoms in total. The Hall–Kier alpha value is -3.43. The van der Waals surface area contributed by atoms with E-state index in [1.807, 2.05) is 0 Å². The van der Waals surface area contributed by atoms with E-state index in [2.05, 4.69) is 4.98 Å². The molecule has 3 heterocycles. The molecule has 2 aromatic rings. The van der Waals surface area contributed by atoms with Crippen molar-refractivity contribution >= 4 is 17.7 Å². The Bertz CT molecular complexity index is 967. The normalized spacial score (nSPS) is 16.7. The second-order valence-corrected chi connectivity index (χ2v) is 6.66. The minimum atomic E-state index is -4.50. The Balaban J connectivity index is 1.32. The van der Waals surface area contributed by atoms with E-state index < -0.39 is 42.1 Å². The molecular weight excluding hydrogens is 391 g/mol. The van der Waals surface area contributed by atoms with Gasteiger partial charge < -0.3 is 9.64 Å². The van der Waals surface area contributed by atoms with Crippen LogP contribution in [0.1, 0.15) is 26.3 Å². The average molecular weight is 405 g/mol. The van der Waals surface area contributed by atoms with Gasteiger partial charge in [-0.3, -0.25) is 19.3 Å². The van der Waals surface area contributed by atoms with Crippen LogP contribution >= 0.6 is 0 Å². The summed E-state index contributed by atoms with van der Waals surface area (Å²) in [6.07, 6.45) is -4.02. The van der Waals surface area contributed by atoms with Crippen LogP contribution in [0.2, 0.25) is 0 Å². The van der Waals surface area contributed by atoms with E-state index in [0.29, 0.717) is 0 Å². The number of aromatic nitrogens is 1. The van der Waals surface area contributed by atoms with Crippen LogP contribution in [0.3, 0.4) is 0 Å². The molecule has 2 aliphatic heterocycles. The van der Waals surface area contributed by atoms with E-state index in [-0.39, 0.29) is 30.1 Å². The second kappa shape index (κ2) is 6.87. The van der Waals surface area contributed by atoms with E-state index >= 15 is 0 Å². The van der Waals surface area contributed by atoms with Crippen LogP contribution in [0, 0.1) is 0 Å². The van der Waals surface area contributed by atoms with Crippen LogP contribution in [0.15, 0.2) is 42.6 Å². The molecule has 2 aliphatic rings. The van der Waals surface area contributed by atoms with Crippen molar-refractivity contribution in [3.63, 3.8) is 0 Å². The average Bonchev–Trinajstić information content (AvgIpc) is 2.89. The van der Waals surface area contributed by atoms with Gasteiger partial charge in [-0.2, -0.15) is 13.2 Å². The van der Waals surface area contributed by atoms with Crippen molar-refractivity contribution in [1.29, 1.82) is 0 Å². The van der Waals surface area contributed by atoms with Gasteiger partial charge in [-0.05, 0) is 18.2 Å². The van der Waals surface area contributed by atoms with Crippen LogP contribution in [0.5, 0.6) is 5.88 Å². The number of imide groups is 1.